The quantitative estimate of drug-likeness (QED) is 0.512. The molecule has 5 heteroatoms. The van der Waals surface area contributed by atoms with E-state index in [1.807, 2.05) is 6.08 Å². The van der Waals surface area contributed by atoms with Crippen LogP contribution in [0.1, 0.15) is 6.92 Å². The number of hydrogen-bond donors (Lipinski definition) is 1. The first kappa shape index (κ1) is 14.2. The lowest BCUT2D eigenvalue weighted by Gasteiger charge is -2.33. The zero-order valence-corrected chi connectivity index (χ0v) is 10.5. The van der Waals surface area contributed by atoms with Gasteiger partial charge in [0.15, 0.2) is 0 Å². The highest BCUT2D eigenvalue weighted by atomic mass is 16.5. The van der Waals surface area contributed by atoms with Gasteiger partial charge in [-0.3, -0.25) is 9.80 Å². The van der Waals surface area contributed by atoms with Crippen LogP contribution in [0.15, 0.2) is 12.2 Å². The van der Waals surface area contributed by atoms with Crippen LogP contribution in [0.2, 0.25) is 0 Å². The summed E-state index contributed by atoms with van der Waals surface area (Å²) in [4.78, 5) is 15.6. The standard InChI is InChI=1S/C12H22N2O3/c1-2-17-12(16)4-3-5-13-6-8-14(9-7-13)10-11-15/h3-4,15H,2,5-11H2,1H3/b4-3+. The highest BCUT2D eigenvalue weighted by molar-refractivity contribution is 5.81. The molecule has 17 heavy (non-hydrogen) atoms. The lowest BCUT2D eigenvalue weighted by molar-refractivity contribution is -0.137. The zero-order chi connectivity index (χ0) is 12.5. The van der Waals surface area contributed by atoms with Gasteiger partial charge in [0, 0.05) is 45.3 Å². The van der Waals surface area contributed by atoms with Crippen molar-refractivity contribution >= 4 is 5.97 Å². The monoisotopic (exact) mass is 242 g/mol. The Morgan fingerprint density at radius 2 is 1.94 bits per heavy atom. The maximum absolute atomic E-state index is 11.1. The molecule has 0 aromatic rings. The summed E-state index contributed by atoms with van der Waals surface area (Å²) >= 11 is 0. The Bertz CT molecular complexity index is 248. The molecule has 0 bridgehead atoms. The molecule has 0 atom stereocenters. The molecule has 1 fully saturated rings. The zero-order valence-electron chi connectivity index (χ0n) is 10.5. The second kappa shape index (κ2) is 8.22. The fraction of sp³-hybridized carbons (Fsp3) is 0.750. The van der Waals surface area contributed by atoms with Crippen molar-refractivity contribution in [1.82, 2.24) is 9.80 Å². The Labute approximate surface area is 103 Å². The van der Waals surface area contributed by atoms with E-state index in [2.05, 4.69) is 9.80 Å². The average Bonchev–Trinajstić information content (AvgIpc) is 2.32. The van der Waals surface area contributed by atoms with Crippen LogP contribution in [0.3, 0.4) is 0 Å². The molecule has 0 aromatic carbocycles. The number of rotatable bonds is 6. The van der Waals surface area contributed by atoms with Crippen molar-refractivity contribution in [2.75, 3.05) is 52.5 Å². The number of esters is 1. The maximum atomic E-state index is 11.1. The van der Waals surface area contributed by atoms with E-state index in [9.17, 15) is 4.79 Å². The first-order valence-corrected chi connectivity index (χ1v) is 6.15. The molecular weight excluding hydrogens is 220 g/mol. The van der Waals surface area contributed by atoms with Gasteiger partial charge in [-0.1, -0.05) is 6.08 Å². The molecule has 0 aliphatic carbocycles. The van der Waals surface area contributed by atoms with Crippen LogP contribution in [-0.4, -0.2) is 73.4 Å². The van der Waals surface area contributed by atoms with Gasteiger partial charge in [0.25, 0.3) is 0 Å². The third-order valence-corrected chi connectivity index (χ3v) is 2.79. The smallest absolute Gasteiger partial charge is 0.330 e. The third-order valence-electron chi connectivity index (χ3n) is 2.79. The molecule has 0 spiro atoms. The van der Waals surface area contributed by atoms with Crippen LogP contribution in [-0.2, 0) is 9.53 Å². The van der Waals surface area contributed by atoms with Crippen LogP contribution in [0.25, 0.3) is 0 Å². The molecule has 1 aliphatic heterocycles. The normalized spacial score (nSPS) is 18.7. The highest BCUT2D eigenvalue weighted by Crippen LogP contribution is 2.00. The summed E-state index contributed by atoms with van der Waals surface area (Å²) in [6, 6.07) is 0. The van der Waals surface area contributed by atoms with Gasteiger partial charge in [-0.05, 0) is 6.92 Å². The predicted octanol–water partition coefficient (Wildman–Crippen LogP) is -0.284. The molecule has 0 amide bonds. The van der Waals surface area contributed by atoms with Gasteiger partial charge in [-0.15, -0.1) is 0 Å². The second-order valence-corrected chi connectivity index (χ2v) is 4.02. The van der Waals surface area contributed by atoms with E-state index in [0.29, 0.717) is 6.61 Å². The van der Waals surface area contributed by atoms with Crippen LogP contribution < -0.4 is 0 Å². The Balaban J connectivity index is 2.15. The first-order valence-electron chi connectivity index (χ1n) is 6.15. The number of hydrogen-bond acceptors (Lipinski definition) is 5. The van der Waals surface area contributed by atoms with Crippen molar-refractivity contribution < 1.29 is 14.6 Å². The average molecular weight is 242 g/mol. The van der Waals surface area contributed by atoms with E-state index in [-0.39, 0.29) is 12.6 Å². The lowest BCUT2D eigenvalue weighted by Crippen LogP contribution is -2.47. The Kier molecular flexibility index (Phi) is 6.84. The molecule has 98 valence electrons. The van der Waals surface area contributed by atoms with Crippen molar-refractivity contribution in [3.05, 3.63) is 12.2 Å². The topological polar surface area (TPSA) is 53.0 Å². The van der Waals surface area contributed by atoms with Crippen molar-refractivity contribution in [3.8, 4) is 0 Å². The summed E-state index contributed by atoms with van der Waals surface area (Å²) in [5.74, 6) is -0.272. The van der Waals surface area contributed by atoms with E-state index in [4.69, 9.17) is 9.84 Å². The Morgan fingerprint density at radius 1 is 1.29 bits per heavy atom. The number of piperazine rings is 1. The molecule has 1 saturated heterocycles. The second-order valence-electron chi connectivity index (χ2n) is 4.02. The van der Waals surface area contributed by atoms with Gasteiger partial charge in [-0.25, -0.2) is 4.79 Å². The number of β-amino-alcohol motifs (C(OH)–C–C–N with tert-alkyl or cyclic N) is 1. The van der Waals surface area contributed by atoms with Gasteiger partial charge in [-0.2, -0.15) is 0 Å². The molecule has 0 saturated carbocycles. The summed E-state index contributed by atoms with van der Waals surface area (Å²) in [6.07, 6.45) is 3.34. The fourth-order valence-electron chi connectivity index (χ4n) is 1.83. The van der Waals surface area contributed by atoms with Crippen LogP contribution in [0.4, 0.5) is 0 Å². The van der Waals surface area contributed by atoms with Crippen molar-refractivity contribution in [3.63, 3.8) is 0 Å². The van der Waals surface area contributed by atoms with Crippen molar-refractivity contribution in [2.24, 2.45) is 0 Å². The van der Waals surface area contributed by atoms with Gasteiger partial charge in [0.1, 0.15) is 0 Å². The number of carbonyl (C=O) groups excluding carboxylic acids is 1. The Hall–Kier alpha value is -0.910. The molecule has 5 nitrogen and oxygen atoms in total. The molecule has 1 aliphatic rings. The summed E-state index contributed by atoms with van der Waals surface area (Å²) in [5.41, 5.74) is 0. The summed E-state index contributed by atoms with van der Waals surface area (Å²) in [5, 5.41) is 8.82. The van der Waals surface area contributed by atoms with E-state index in [0.717, 1.165) is 39.3 Å². The Morgan fingerprint density at radius 3 is 2.53 bits per heavy atom. The molecule has 1 heterocycles. The lowest BCUT2D eigenvalue weighted by atomic mass is 10.3. The predicted molar refractivity (Wildman–Crippen MR) is 65.7 cm³/mol. The highest BCUT2D eigenvalue weighted by Gasteiger charge is 2.14. The van der Waals surface area contributed by atoms with Gasteiger partial charge >= 0.3 is 5.97 Å². The van der Waals surface area contributed by atoms with Crippen LogP contribution >= 0.6 is 0 Å². The molecule has 0 aromatic heterocycles. The SMILES string of the molecule is CCOC(=O)/C=C/CN1CCN(CCO)CC1. The molecule has 1 rings (SSSR count). The minimum absolute atomic E-state index is 0.225. The molecule has 0 radical (unpaired) electrons. The van der Waals surface area contributed by atoms with E-state index < -0.39 is 0 Å². The number of nitrogens with zero attached hydrogens (tertiary/aromatic N) is 2. The number of aliphatic hydroxyl groups excluding tert-OH is 1. The van der Waals surface area contributed by atoms with Gasteiger partial charge < -0.3 is 9.84 Å². The van der Waals surface area contributed by atoms with Crippen LogP contribution in [0.5, 0.6) is 0 Å². The molecule has 0 unspecified atom stereocenters. The maximum Gasteiger partial charge on any atom is 0.330 e. The van der Waals surface area contributed by atoms with Gasteiger partial charge in [0.05, 0.1) is 13.2 Å². The van der Waals surface area contributed by atoms with E-state index in [1.54, 1.807) is 6.92 Å². The minimum Gasteiger partial charge on any atom is -0.463 e. The van der Waals surface area contributed by atoms with Gasteiger partial charge in [0.2, 0.25) is 0 Å². The van der Waals surface area contributed by atoms with E-state index in [1.165, 1.54) is 6.08 Å². The molecule has 1 N–H and O–H groups in total. The summed E-state index contributed by atoms with van der Waals surface area (Å²) in [6.45, 7) is 7.90. The van der Waals surface area contributed by atoms with Crippen molar-refractivity contribution in [1.29, 1.82) is 0 Å². The summed E-state index contributed by atoms with van der Waals surface area (Å²) < 4.78 is 4.80. The number of carbonyl (C=O) groups is 1. The van der Waals surface area contributed by atoms with E-state index >= 15 is 0 Å². The first-order chi connectivity index (χ1) is 8.26. The van der Waals surface area contributed by atoms with Crippen molar-refractivity contribution in [2.45, 2.75) is 6.92 Å². The third kappa shape index (κ3) is 5.81. The number of ether oxygens (including phenoxy) is 1. The molecular formula is C12H22N2O3. The largest absolute Gasteiger partial charge is 0.463 e. The fourth-order valence-corrected chi connectivity index (χ4v) is 1.83. The number of aliphatic hydroxyl groups is 1. The summed E-state index contributed by atoms with van der Waals surface area (Å²) in [7, 11) is 0. The minimum atomic E-state index is -0.272. The van der Waals surface area contributed by atoms with Crippen LogP contribution in [0, 0.1) is 0 Å².